The molecule has 0 bridgehead atoms. The smallest absolute Gasteiger partial charge is 0.321 e. The van der Waals surface area contributed by atoms with Gasteiger partial charge in [-0.15, -0.1) is 0 Å². The maximum atomic E-state index is 11.9. The summed E-state index contributed by atoms with van der Waals surface area (Å²) in [4.78, 5) is 35.0. The number of carbonyl (C=O) groups excluding carboxylic acids is 3. The summed E-state index contributed by atoms with van der Waals surface area (Å²) in [5.41, 5.74) is 0.804. The lowest BCUT2D eigenvalue weighted by atomic mass is 10.1. The summed E-state index contributed by atoms with van der Waals surface area (Å²) in [7, 11) is 0. The highest BCUT2D eigenvalue weighted by molar-refractivity contribution is 5.95. The molecule has 2 aromatic rings. The largest absolute Gasteiger partial charge is 0.455 e. The highest BCUT2D eigenvalue weighted by atomic mass is 16.5. The van der Waals surface area contributed by atoms with Gasteiger partial charge in [0.15, 0.2) is 6.61 Å². The molecule has 0 aromatic heterocycles. The molecule has 2 aromatic carbocycles. The normalized spacial score (nSPS) is 11.6. The van der Waals surface area contributed by atoms with Crippen LogP contribution in [0.2, 0.25) is 0 Å². The number of esters is 1. The van der Waals surface area contributed by atoms with Crippen molar-refractivity contribution in [1.82, 2.24) is 10.6 Å². The van der Waals surface area contributed by atoms with Crippen LogP contribution >= 0.6 is 0 Å². The predicted molar refractivity (Wildman–Crippen MR) is 95.0 cm³/mol. The number of amides is 3. The summed E-state index contributed by atoms with van der Waals surface area (Å²) in [6, 6.07) is 12.9. The van der Waals surface area contributed by atoms with Crippen molar-refractivity contribution in [2.75, 3.05) is 6.61 Å². The van der Waals surface area contributed by atoms with Crippen LogP contribution in [-0.4, -0.2) is 30.6 Å². The Morgan fingerprint density at radius 3 is 2.52 bits per heavy atom. The van der Waals surface area contributed by atoms with Crippen molar-refractivity contribution < 1.29 is 19.1 Å². The minimum absolute atomic E-state index is 0.0387. The molecule has 2 N–H and O–H groups in total. The maximum absolute atomic E-state index is 11.9. The van der Waals surface area contributed by atoms with Gasteiger partial charge in [-0.05, 0) is 29.7 Å². The molecule has 2 rings (SSSR count). The van der Waals surface area contributed by atoms with Crippen molar-refractivity contribution in [1.29, 1.82) is 0 Å². The Bertz CT molecular complexity index is 773. The first-order chi connectivity index (χ1) is 12.0. The van der Waals surface area contributed by atoms with Crippen LogP contribution in [0.3, 0.4) is 0 Å². The molecule has 3 amide bonds. The third-order valence-electron chi connectivity index (χ3n) is 3.77. The van der Waals surface area contributed by atoms with Crippen LogP contribution in [0, 0.1) is 0 Å². The van der Waals surface area contributed by atoms with E-state index in [9.17, 15) is 14.4 Å². The van der Waals surface area contributed by atoms with Crippen molar-refractivity contribution in [3.8, 4) is 0 Å². The molecule has 25 heavy (non-hydrogen) atoms. The lowest BCUT2D eigenvalue weighted by molar-refractivity contribution is -0.147. The Morgan fingerprint density at radius 1 is 1.08 bits per heavy atom. The number of benzene rings is 2. The van der Waals surface area contributed by atoms with Crippen LogP contribution in [0.4, 0.5) is 4.79 Å². The monoisotopic (exact) mass is 342 g/mol. The van der Waals surface area contributed by atoms with Crippen LogP contribution < -0.4 is 10.6 Å². The van der Waals surface area contributed by atoms with E-state index in [4.69, 9.17) is 4.74 Å². The fraction of sp³-hybridized carbons (Fsp3) is 0.316. The molecule has 1 atom stereocenters. The quantitative estimate of drug-likeness (QED) is 0.790. The zero-order chi connectivity index (χ0) is 18.2. The first-order valence-electron chi connectivity index (χ1n) is 8.21. The third-order valence-corrected chi connectivity index (χ3v) is 3.77. The van der Waals surface area contributed by atoms with Crippen molar-refractivity contribution in [2.45, 2.75) is 32.7 Å². The molecule has 0 fully saturated rings. The van der Waals surface area contributed by atoms with E-state index in [1.807, 2.05) is 56.3 Å². The Morgan fingerprint density at radius 2 is 1.80 bits per heavy atom. The number of ether oxygens (including phenoxy) is 1. The standard InChI is InChI=1S/C19H22N2O4/c1-3-13(2)20-19(24)21-17(22)12-25-18(23)11-14-8-9-15-6-4-5-7-16(15)10-14/h4-10,13H,3,11-12H2,1-2H3,(H2,20,21,22,24)/t13-/m1/s1. The predicted octanol–water partition coefficient (Wildman–Crippen LogP) is 2.55. The highest BCUT2D eigenvalue weighted by Gasteiger charge is 2.12. The molecule has 0 radical (unpaired) electrons. The Labute approximate surface area is 146 Å². The number of nitrogens with one attached hydrogen (secondary N) is 2. The van der Waals surface area contributed by atoms with E-state index in [2.05, 4.69) is 10.6 Å². The van der Waals surface area contributed by atoms with Crippen molar-refractivity contribution in [3.63, 3.8) is 0 Å². The van der Waals surface area contributed by atoms with Crippen molar-refractivity contribution >= 4 is 28.7 Å². The van der Waals surface area contributed by atoms with Crippen LogP contribution in [-0.2, 0) is 20.7 Å². The fourth-order valence-corrected chi connectivity index (χ4v) is 2.24. The van der Waals surface area contributed by atoms with E-state index in [1.165, 1.54) is 0 Å². The molecule has 0 aliphatic rings. The number of hydrogen-bond donors (Lipinski definition) is 2. The van der Waals surface area contributed by atoms with E-state index in [0.717, 1.165) is 22.8 Å². The van der Waals surface area contributed by atoms with Crippen LogP contribution in [0.15, 0.2) is 42.5 Å². The maximum Gasteiger partial charge on any atom is 0.321 e. The molecule has 0 saturated carbocycles. The van der Waals surface area contributed by atoms with E-state index in [0.29, 0.717) is 0 Å². The van der Waals surface area contributed by atoms with E-state index < -0.39 is 24.5 Å². The molecule has 0 heterocycles. The molecule has 0 saturated heterocycles. The second-order valence-corrected chi connectivity index (χ2v) is 5.85. The SMILES string of the molecule is CC[C@@H](C)NC(=O)NC(=O)COC(=O)Cc1ccc2ccccc2c1. The molecule has 0 spiro atoms. The Kier molecular flexibility index (Phi) is 6.51. The van der Waals surface area contributed by atoms with Gasteiger partial charge in [0.25, 0.3) is 5.91 Å². The number of imide groups is 1. The lowest BCUT2D eigenvalue weighted by Crippen LogP contribution is -2.44. The van der Waals surface area contributed by atoms with Crippen LogP contribution in [0.1, 0.15) is 25.8 Å². The van der Waals surface area contributed by atoms with Gasteiger partial charge in [-0.3, -0.25) is 14.9 Å². The number of rotatable bonds is 6. The molecule has 132 valence electrons. The minimum atomic E-state index is -0.660. The minimum Gasteiger partial charge on any atom is -0.455 e. The van der Waals surface area contributed by atoms with Gasteiger partial charge in [0.05, 0.1) is 6.42 Å². The van der Waals surface area contributed by atoms with Gasteiger partial charge < -0.3 is 10.1 Å². The van der Waals surface area contributed by atoms with Gasteiger partial charge in [-0.1, -0.05) is 49.4 Å². The summed E-state index contributed by atoms with van der Waals surface area (Å²) >= 11 is 0. The number of urea groups is 1. The van der Waals surface area contributed by atoms with Crippen LogP contribution in [0.25, 0.3) is 10.8 Å². The third kappa shape index (κ3) is 5.91. The zero-order valence-corrected chi connectivity index (χ0v) is 14.4. The molecule has 0 aliphatic heterocycles. The summed E-state index contributed by atoms with van der Waals surface area (Å²) in [6.07, 6.45) is 0.819. The number of hydrogen-bond acceptors (Lipinski definition) is 4. The summed E-state index contributed by atoms with van der Waals surface area (Å²) in [6.45, 7) is 3.26. The average molecular weight is 342 g/mol. The first kappa shape index (κ1) is 18.4. The molecule has 6 nitrogen and oxygen atoms in total. The Balaban J connectivity index is 1.79. The van der Waals surface area contributed by atoms with Gasteiger partial charge in [-0.25, -0.2) is 4.79 Å². The van der Waals surface area contributed by atoms with Gasteiger partial charge in [0.2, 0.25) is 0 Å². The summed E-state index contributed by atoms with van der Waals surface area (Å²) in [5.74, 6) is -1.18. The van der Waals surface area contributed by atoms with Crippen LogP contribution in [0.5, 0.6) is 0 Å². The van der Waals surface area contributed by atoms with Crippen molar-refractivity contribution in [3.05, 3.63) is 48.0 Å². The lowest BCUT2D eigenvalue weighted by Gasteiger charge is -2.11. The van der Waals surface area contributed by atoms with E-state index in [-0.39, 0.29) is 12.5 Å². The summed E-state index contributed by atoms with van der Waals surface area (Å²) in [5, 5.41) is 6.84. The average Bonchev–Trinajstić information content (AvgIpc) is 2.59. The van der Waals surface area contributed by atoms with E-state index in [1.54, 1.807) is 0 Å². The number of fused-ring (bicyclic) bond motifs is 1. The number of carbonyl (C=O) groups is 3. The topological polar surface area (TPSA) is 84.5 Å². The van der Waals surface area contributed by atoms with Gasteiger partial charge in [0.1, 0.15) is 0 Å². The first-order valence-corrected chi connectivity index (χ1v) is 8.21. The van der Waals surface area contributed by atoms with E-state index >= 15 is 0 Å². The molecular weight excluding hydrogens is 320 g/mol. The second kappa shape index (κ2) is 8.82. The highest BCUT2D eigenvalue weighted by Crippen LogP contribution is 2.16. The second-order valence-electron chi connectivity index (χ2n) is 5.85. The summed E-state index contributed by atoms with van der Waals surface area (Å²) < 4.78 is 4.92. The molecule has 0 aliphatic carbocycles. The van der Waals surface area contributed by atoms with Crippen molar-refractivity contribution in [2.24, 2.45) is 0 Å². The Hall–Kier alpha value is -2.89. The van der Waals surface area contributed by atoms with Gasteiger partial charge in [-0.2, -0.15) is 0 Å². The molecule has 6 heteroatoms. The van der Waals surface area contributed by atoms with Gasteiger partial charge in [0, 0.05) is 6.04 Å². The molecule has 0 unspecified atom stereocenters. The van der Waals surface area contributed by atoms with Gasteiger partial charge >= 0.3 is 12.0 Å². The fourth-order valence-electron chi connectivity index (χ4n) is 2.24. The zero-order valence-electron chi connectivity index (χ0n) is 14.4. The molecular formula is C19H22N2O4.